The molecule has 0 radical (unpaired) electrons. The first-order valence-electron chi connectivity index (χ1n) is 6.39. The second-order valence-electron chi connectivity index (χ2n) is 4.36. The minimum absolute atomic E-state index is 0.108. The zero-order chi connectivity index (χ0) is 14.2. The van der Waals surface area contributed by atoms with Crippen molar-refractivity contribution in [2.24, 2.45) is 0 Å². The number of benzene rings is 1. The zero-order valence-electron chi connectivity index (χ0n) is 11.2. The van der Waals surface area contributed by atoms with E-state index in [-0.39, 0.29) is 6.04 Å². The van der Waals surface area contributed by atoms with E-state index in [2.05, 4.69) is 15.6 Å². The van der Waals surface area contributed by atoms with E-state index in [4.69, 9.17) is 17.0 Å². The maximum Gasteiger partial charge on any atom is 0.171 e. The molecule has 104 valence electrons. The van der Waals surface area contributed by atoms with E-state index in [0.717, 1.165) is 11.4 Å². The molecular formula is C15H17N3OS. The number of rotatable bonds is 5. The van der Waals surface area contributed by atoms with Crippen LogP contribution < -0.4 is 15.4 Å². The molecule has 1 aromatic carbocycles. The minimum atomic E-state index is 0.108. The van der Waals surface area contributed by atoms with Gasteiger partial charge in [-0.2, -0.15) is 0 Å². The van der Waals surface area contributed by atoms with Gasteiger partial charge in [0.1, 0.15) is 12.4 Å². The highest BCUT2D eigenvalue weighted by Crippen LogP contribution is 2.08. The summed E-state index contributed by atoms with van der Waals surface area (Å²) in [5.74, 6) is 0.856. The SMILES string of the molecule is CC(COc1ccccc1)NC(=S)Nc1ccncc1. The lowest BCUT2D eigenvalue weighted by Gasteiger charge is -2.17. The van der Waals surface area contributed by atoms with Crippen molar-refractivity contribution in [2.45, 2.75) is 13.0 Å². The molecule has 2 aromatic rings. The number of anilines is 1. The van der Waals surface area contributed by atoms with Crippen molar-refractivity contribution in [2.75, 3.05) is 11.9 Å². The Balaban J connectivity index is 1.74. The van der Waals surface area contributed by atoms with Gasteiger partial charge in [0.2, 0.25) is 0 Å². The van der Waals surface area contributed by atoms with Gasteiger partial charge >= 0.3 is 0 Å². The van der Waals surface area contributed by atoms with Crippen LogP contribution in [0.1, 0.15) is 6.92 Å². The molecule has 2 rings (SSSR count). The Hall–Kier alpha value is -2.14. The van der Waals surface area contributed by atoms with E-state index in [1.807, 2.05) is 49.4 Å². The Morgan fingerprint density at radius 1 is 1.20 bits per heavy atom. The molecule has 1 heterocycles. The standard InChI is InChI=1S/C15H17N3OS/c1-12(11-19-14-5-3-2-4-6-14)17-15(20)18-13-7-9-16-10-8-13/h2-10,12H,11H2,1H3,(H2,16,17,18,20). The first-order valence-corrected chi connectivity index (χ1v) is 6.80. The molecule has 1 atom stereocenters. The quantitative estimate of drug-likeness (QED) is 0.828. The lowest BCUT2D eigenvalue weighted by Crippen LogP contribution is -2.39. The Morgan fingerprint density at radius 3 is 2.60 bits per heavy atom. The zero-order valence-corrected chi connectivity index (χ0v) is 12.1. The molecule has 0 fully saturated rings. The summed E-state index contributed by atoms with van der Waals surface area (Å²) in [7, 11) is 0. The number of hydrogen-bond donors (Lipinski definition) is 2. The van der Waals surface area contributed by atoms with Crippen LogP contribution in [0.4, 0.5) is 5.69 Å². The Labute approximate surface area is 124 Å². The molecule has 0 spiro atoms. The Kier molecular flexibility index (Phi) is 5.32. The third-order valence-electron chi connectivity index (χ3n) is 2.56. The van der Waals surface area contributed by atoms with Gasteiger partial charge in [0.25, 0.3) is 0 Å². The van der Waals surface area contributed by atoms with E-state index in [1.165, 1.54) is 0 Å². The number of para-hydroxylation sites is 1. The van der Waals surface area contributed by atoms with Crippen LogP contribution in [0.25, 0.3) is 0 Å². The second kappa shape index (κ2) is 7.45. The highest BCUT2D eigenvalue weighted by Gasteiger charge is 2.05. The largest absolute Gasteiger partial charge is 0.491 e. The van der Waals surface area contributed by atoms with Crippen LogP contribution in [0.5, 0.6) is 5.75 Å². The van der Waals surface area contributed by atoms with Crippen molar-refractivity contribution >= 4 is 23.0 Å². The fourth-order valence-electron chi connectivity index (χ4n) is 1.61. The summed E-state index contributed by atoms with van der Waals surface area (Å²) in [5, 5.41) is 6.84. The number of nitrogens with one attached hydrogen (secondary N) is 2. The molecule has 20 heavy (non-hydrogen) atoms. The third kappa shape index (κ3) is 4.85. The van der Waals surface area contributed by atoms with Gasteiger partial charge in [0, 0.05) is 18.1 Å². The van der Waals surface area contributed by atoms with Crippen LogP contribution in [0.3, 0.4) is 0 Å². The van der Waals surface area contributed by atoms with Crippen LogP contribution in [0.15, 0.2) is 54.9 Å². The molecule has 4 nitrogen and oxygen atoms in total. The maximum atomic E-state index is 5.66. The van der Waals surface area contributed by atoms with Crippen molar-refractivity contribution < 1.29 is 4.74 Å². The molecule has 0 saturated carbocycles. The molecule has 0 aliphatic carbocycles. The first-order chi connectivity index (χ1) is 9.74. The maximum absolute atomic E-state index is 5.66. The summed E-state index contributed by atoms with van der Waals surface area (Å²) in [4.78, 5) is 3.95. The first kappa shape index (κ1) is 14.3. The van der Waals surface area contributed by atoms with Crippen molar-refractivity contribution in [3.8, 4) is 5.75 Å². The predicted molar refractivity (Wildman–Crippen MR) is 85.0 cm³/mol. The van der Waals surface area contributed by atoms with Gasteiger partial charge in [0.15, 0.2) is 5.11 Å². The highest BCUT2D eigenvalue weighted by atomic mass is 32.1. The Morgan fingerprint density at radius 2 is 1.90 bits per heavy atom. The lowest BCUT2D eigenvalue weighted by atomic mass is 10.3. The summed E-state index contributed by atoms with van der Waals surface area (Å²) in [5.41, 5.74) is 0.911. The van der Waals surface area contributed by atoms with E-state index in [1.54, 1.807) is 12.4 Å². The smallest absolute Gasteiger partial charge is 0.171 e. The molecule has 1 aromatic heterocycles. The van der Waals surface area contributed by atoms with Gasteiger partial charge in [-0.1, -0.05) is 18.2 Å². The predicted octanol–water partition coefficient (Wildman–Crippen LogP) is 2.84. The van der Waals surface area contributed by atoms with E-state index in [9.17, 15) is 0 Å². The third-order valence-corrected chi connectivity index (χ3v) is 2.78. The van der Waals surface area contributed by atoms with Crippen LogP contribution in [0, 0.1) is 0 Å². The number of hydrogen-bond acceptors (Lipinski definition) is 3. The number of nitrogens with zero attached hydrogens (tertiary/aromatic N) is 1. The minimum Gasteiger partial charge on any atom is -0.491 e. The van der Waals surface area contributed by atoms with Crippen LogP contribution >= 0.6 is 12.2 Å². The molecule has 0 aliphatic heterocycles. The fraction of sp³-hybridized carbons (Fsp3) is 0.200. The number of aromatic nitrogens is 1. The summed E-state index contributed by atoms with van der Waals surface area (Å²) < 4.78 is 5.66. The lowest BCUT2D eigenvalue weighted by molar-refractivity contribution is 0.287. The molecule has 1 unspecified atom stereocenters. The molecule has 2 N–H and O–H groups in total. The van der Waals surface area contributed by atoms with Gasteiger partial charge in [-0.15, -0.1) is 0 Å². The average Bonchev–Trinajstić information content (AvgIpc) is 2.47. The highest BCUT2D eigenvalue weighted by molar-refractivity contribution is 7.80. The van der Waals surface area contributed by atoms with Gasteiger partial charge in [-0.05, 0) is 43.4 Å². The summed E-state index contributed by atoms with van der Waals surface area (Å²) in [6.45, 7) is 2.56. The number of ether oxygens (including phenoxy) is 1. The van der Waals surface area contributed by atoms with Crippen LogP contribution in [-0.2, 0) is 0 Å². The van der Waals surface area contributed by atoms with Crippen molar-refractivity contribution in [1.82, 2.24) is 10.3 Å². The summed E-state index contributed by atoms with van der Waals surface area (Å²) in [6, 6.07) is 13.5. The van der Waals surface area contributed by atoms with Crippen molar-refractivity contribution in [3.63, 3.8) is 0 Å². The molecule has 0 bridgehead atoms. The number of thiocarbonyl (C=S) groups is 1. The topological polar surface area (TPSA) is 46.2 Å². The van der Waals surface area contributed by atoms with Crippen LogP contribution in [0.2, 0.25) is 0 Å². The number of pyridine rings is 1. The fourth-order valence-corrected chi connectivity index (χ4v) is 1.92. The molecule has 0 aliphatic rings. The van der Waals surface area contributed by atoms with E-state index < -0.39 is 0 Å². The van der Waals surface area contributed by atoms with Gasteiger partial charge in [-0.3, -0.25) is 4.98 Å². The normalized spacial score (nSPS) is 11.4. The monoisotopic (exact) mass is 287 g/mol. The summed E-state index contributed by atoms with van der Waals surface area (Å²) in [6.07, 6.45) is 3.43. The molecular weight excluding hydrogens is 270 g/mol. The van der Waals surface area contributed by atoms with Crippen LogP contribution in [-0.4, -0.2) is 22.7 Å². The second-order valence-corrected chi connectivity index (χ2v) is 4.77. The molecule has 5 heteroatoms. The molecule has 0 amide bonds. The molecule has 0 saturated heterocycles. The van der Waals surface area contributed by atoms with E-state index in [0.29, 0.717) is 11.7 Å². The van der Waals surface area contributed by atoms with Crippen molar-refractivity contribution in [1.29, 1.82) is 0 Å². The average molecular weight is 287 g/mol. The van der Waals surface area contributed by atoms with Crippen molar-refractivity contribution in [3.05, 3.63) is 54.9 Å². The van der Waals surface area contributed by atoms with Gasteiger partial charge in [-0.25, -0.2) is 0 Å². The van der Waals surface area contributed by atoms with Gasteiger partial charge in [0.05, 0.1) is 6.04 Å². The Bertz CT molecular complexity index is 533. The van der Waals surface area contributed by atoms with Gasteiger partial charge < -0.3 is 15.4 Å². The summed E-state index contributed by atoms with van der Waals surface area (Å²) >= 11 is 5.24. The van der Waals surface area contributed by atoms with E-state index >= 15 is 0 Å².